The van der Waals surface area contributed by atoms with Crippen LogP contribution in [0.15, 0.2) is 47.3 Å². The second-order valence-electron chi connectivity index (χ2n) is 4.34. The van der Waals surface area contributed by atoms with Crippen molar-refractivity contribution in [3.05, 3.63) is 64.2 Å². The molecule has 94 valence electrons. The highest BCUT2D eigenvalue weighted by molar-refractivity contribution is 5.79. The van der Waals surface area contributed by atoms with Gasteiger partial charge < -0.3 is 4.98 Å². The second kappa shape index (κ2) is 4.31. The van der Waals surface area contributed by atoms with Gasteiger partial charge in [0, 0.05) is 5.56 Å². The summed E-state index contributed by atoms with van der Waals surface area (Å²) in [4.78, 5) is 19.1. The van der Waals surface area contributed by atoms with Crippen molar-refractivity contribution in [2.45, 2.75) is 6.92 Å². The molecular formula is C15H11FN2O. The topological polar surface area (TPSA) is 45.8 Å². The van der Waals surface area contributed by atoms with Crippen LogP contribution in [0.3, 0.4) is 0 Å². The summed E-state index contributed by atoms with van der Waals surface area (Å²) in [5, 5.41) is 0.528. The number of aromatic amines is 1. The molecule has 0 unspecified atom stereocenters. The second-order valence-corrected chi connectivity index (χ2v) is 4.34. The third-order valence-electron chi connectivity index (χ3n) is 3.14. The molecule has 0 bridgehead atoms. The van der Waals surface area contributed by atoms with E-state index in [-0.39, 0.29) is 11.4 Å². The zero-order valence-electron chi connectivity index (χ0n) is 10.3. The van der Waals surface area contributed by atoms with Gasteiger partial charge in [0.15, 0.2) is 0 Å². The zero-order valence-corrected chi connectivity index (χ0v) is 10.3. The molecule has 19 heavy (non-hydrogen) atoms. The summed E-state index contributed by atoms with van der Waals surface area (Å²) >= 11 is 0. The van der Waals surface area contributed by atoms with Gasteiger partial charge in [-0.2, -0.15) is 0 Å². The maximum Gasteiger partial charge on any atom is 0.259 e. The quantitative estimate of drug-likeness (QED) is 0.725. The van der Waals surface area contributed by atoms with Crippen molar-refractivity contribution in [1.82, 2.24) is 9.97 Å². The lowest BCUT2D eigenvalue weighted by molar-refractivity contribution is 0.619. The minimum absolute atomic E-state index is 0.218. The van der Waals surface area contributed by atoms with Crippen molar-refractivity contribution < 1.29 is 4.39 Å². The Morgan fingerprint density at radius 1 is 1.11 bits per heavy atom. The van der Waals surface area contributed by atoms with Crippen molar-refractivity contribution in [2.75, 3.05) is 0 Å². The van der Waals surface area contributed by atoms with E-state index in [0.29, 0.717) is 27.9 Å². The molecule has 3 nitrogen and oxygen atoms in total. The van der Waals surface area contributed by atoms with Crippen LogP contribution in [0, 0.1) is 12.7 Å². The molecule has 0 saturated heterocycles. The Labute approximate surface area is 108 Å². The molecule has 3 rings (SSSR count). The summed E-state index contributed by atoms with van der Waals surface area (Å²) in [6, 6.07) is 11.8. The van der Waals surface area contributed by atoms with E-state index < -0.39 is 0 Å². The Morgan fingerprint density at radius 2 is 1.89 bits per heavy atom. The number of hydrogen-bond acceptors (Lipinski definition) is 2. The highest BCUT2D eigenvalue weighted by Crippen LogP contribution is 2.22. The Hall–Kier alpha value is -2.49. The monoisotopic (exact) mass is 254 g/mol. The number of para-hydroxylation sites is 1. The summed E-state index contributed by atoms with van der Waals surface area (Å²) in [5.74, 6) is 0.0778. The molecule has 0 aliphatic carbocycles. The first-order chi connectivity index (χ1) is 9.16. The highest BCUT2D eigenvalue weighted by Gasteiger charge is 2.10. The van der Waals surface area contributed by atoms with E-state index in [1.165, 1.54) is 6.07 Å². The summed E-state index contributed by atoms with van der Waals surface area (Å²) in [6.07, 6.45) is 0. The number of nitrogens with zero attached hydrogens (tertiary/aromatic N) is 1. The normalized spacial score (nSPS) is 10.8. The van der Waals surface area contributed by atoms with Crippen LogP contribution in [0.5, 0.6) is 0 Å². The number of rotatable bonds is 1. The Morgan fingerprint density at radius 3 is 2.74 bits per heavy atom. The van der Waals surface area contributed by atoms with Gasteiger partial charge in [-0.3, -0.25) is 4.79 Å². The minimum atomic E-state index is -0.312. The van der Waals surface area contributed by atoms with E-state index in [9.17, 15) is 9.18 Å². The van der Waals surface area contributed by atoms with Crippen molar-refractivity contribution in [1.29, 1.82) is 0 Å². The number of benzene rings is 2. The van der Waals surface area contributed by atoms with E-state index in [1.807, 2.05) is 6.07 Å². The Balaban J connectivity index is 2.32. The lowest BCUT2D eigenvalue weighted by Crippen LogP contribution is -2.10. The molecule has 0 aliphatic rings. The number of H-pyrrole nitrogens is 1. The van der Waals surface area contributed by atoms with Crippen LogP contribution in [0.4, 0.5) is 4.39 Å². The smallest absolute Gasteiger partial charge is 0.259 e. The predicted molar refractivity (Wildman–Crippen MR) is 72.5 cm³/mol. The van der Waals surface area contributed by atoms with E-state index in [0.717, 1.165) is 0 Å². The lowest BCUT2D eigenvalue weighted by atomic mass is 10.1. The molecular weight excluding hydrogens is 243 g/mol. The van der Waals surface area contributed by atoms with E-state index in [2.05, 4.69) is 9.97 Å². The highest BCUT2D eigenvalue weighted by atomic mass is 19.1. The fourth-order valence-electron chi connectivity index (χ4n) is 2.08. The van der Waals surface area contributed by atoms with Crippen LogP contribution in [-0.4, -0.2) is 9.97 Å². The van der Waals surface area contributed by atoms with Crippen molar-refractivity contribution in [3.8, 4) is 11.4 Å². The van der Waals surface area contributed by atoms with Crippen LogP contribution >= 0.6 is 0 Å². The van der Waals surface area contributed by atoms with Gasteiger partial charge in [-0.25, -0.2) is 9.37 Å². The van der Waals surface area contributed by atoms with Gasteiger partial charge >= 0.3 is 0 Å². The number of fused-ring (bicyclic) bond motifs is 1. The number of nitrogens with one attached hydrogen (secondary N) is 1. The first-order valence-corrected chi connectivity index (χ1v) is 5.91. The molecule has 1 heterocycles. The maximum atomic E-state index is 13.6. The average molecular weight is 254 g/mol. The molecule has 2 aromatic carbocycles. The van der Waals surface area contributed by atoms with Gasteiger partial charge in [0.1, 0.15) is 11.6 Å². The van der Waals surface area contributed by atoms with Crippen molar-refractivity contribution >= 4 is 10.9 Å². The summed E-state index contributed by atoms with van der Waals surface area (Å²) < 4.78 is 13.6. The van der Waals surface area contributed by atoms with Crippen molar-refractivity contribution in [3.63, 3.8) is 0 Å². The summed E-state index contributed by atoms with van der Waals surface area (Å²) in [7, 11) is 0. The predicted octanol–water partition coefficient (Wildman–Crippen LogP) is 3.04. The third-order valence-corrected chi connectivity index (χ3v) is 3.14. The largest absolute Gasteiger partial charge is 0.306 e. The van der Waals surface area contributed by atoms with E-state index >= 15 is 0 Å². The molecule has 0 fully saturated rings. The van der Waals surface area contributed by atoms with Crippen LogP contribution in [-0.2, 0) is 0 Å². The van der Waals surface area contributed by atoms with E-state index in [1.54, 1.807) is 37.3 Å². The molecule has 0 aliphatic heterocycles. The van der Waals surface area contributed by atoms with Crippen LogP contribution in [0.25, 0.3) is 22.3 Å². The molecule has 1 N–H and O–H groups in total. The molecule has 0 saturated carbocycles. The fourth-order valence-corrected chi connectivity index (χ4v) is 2.08. The van der Waals surface area contributed by atoms with Crippen LogP contribution in [0.2, 0.25) is 0 Å². The molecule has 0 atom stereocenters. The Kier molecular flexibility index (Phi) is 2.63. The van der Waals surface area contributed by atoms with Gasteiger partial charge in [-0.15, -0.1) is 0 Å². The van der Waals surface area contributed by atoms with Gasteiger partial charge in [-0.1, -0.05) is 24.3 Å². The zero-order chi connectivity index (χ0) is 13.4. The van der Waals surface area contributed by atoms with Crippen LogP contribution < -0.4 is 5.56 Å². The first-order valence-electron chi connectivity index (χ1n) is 5.91. The molecule has 4 heteroatoms. The SMILES string of the molecule is Cc1c(F)cccc1-c1nc2ccccc2c(=O)[nH]1. The molecule has 0 radical (unpaired) electrons. The maximum absolute atomic E-state index is 13.6. The standard InChI is InChI=1S/C15H11FN2O/c1-9-10(6-4-7-12(9)16)14-17-13-8-3-2-5-11(13)15(19)18-14/h2-8H,1H3,(H,17,18,19). The first kappa shape index (κ1) is 11.6. The summed E-state index contributed by atoms with van der Waals surface area (Å²) in [6.45, 7) is 1.67. The van der Waals surface area contributed by atoms with Crippen molar-refractivity contribution in [2.24, 2.45) is 0 Å². The number of aromatic nitrogens is 2. The van der Waals surface area contributed by atoms with E-state index in [4.69, 9.17) is 0 Å². The summed E-state index contributed by atoms with van der Waals surface area (Å²) in [5.41, 5.74) is 1.46. The number of hydrogen-bond donors (Lipinski definition) is 1. The van der Waals surface area contributed by atoms with Gasteiger partial charge in [-0.05, 0) is 30.7 Å². The molecule has 1 aromatic heterocycles. The van der Waals surface area contributed by atoms with Gasteiger partial charge in [0.05, 0.1) is 10.9 Å². The van der Waals surface area contributed by atoms with Crippen LogP contribution in [0.1, 0.15) is 5.56 Å². The van der Waals surface area contributed by atoms with Gasteiger partial charge in [0.2, 0.25) is 0 Å². The fraction of sp³-hybridized carbons (Fsp3) is 0.0667. The lowest BCUT2D eigenvalue weighted by Gasteiger charge is -2.06. The van der Waals surface area contributed by atoms with Gasteiger partial charge in [0.25, 0.3) is 5.56 Å². The number of halogens is 1. The Bertz CT molecular complexity index is 824. The molecule has 0 amide bonds. The third kappa shape index (κ3) is 1.91. The molecule has 0 spiro atoms. The minimum Gasteiger partial charge on any atom is -0.306 e. The average Bonchev–Trinajstić information content (AvgIpc) is 2.42. The molecule has 3 aromatic rings.